The van der Waals surface area contributed by atoms with Gasteiger partial charge in [0.15, 0.2) is 0 Å². The van der Waals surface area contributed by atoms with Gasteiger partial charge in [0.1, 0.15) is 6.61 Å². The van der Waals surface area contributed by atoms with Crippen LogP contribution in [0.25, 0.3) is 0 Å². The first-order valence-electron chi connectivity index (χ1n) is 8.31. The Balaban J connectivity index is 1.43. The third kappa shape index (κ3) is 4.14. The summed E-state index contributed by atoms with van der Waals surface area (Å²) >= 11 is 0. The molecule has 0 spiro atoms. The highest BCUT2D eigenvalue weighted by atomic mass is 16.6. The largest absolute Gasteiger partial charge is 0.445 e. The van der Waals surface area contributed by atoms with E-state index in [0.29, 0.717) is 25.6 Å². The number of carbonyl (C=O) groups excluding carboxylic acids is 1. The molecule has 2 aromatic rings. The van der Waals surface area contributed by atoms with Gasteiger partial charge in [-0.25, -0.2) is 9.78 Å². The molecule has 1 amide bonds. The lowest BCUT2D eigenvalue weighted by Gasteiger charge is -2.31. The molecule has 0 unspecified atom stereocenters. The summed E-state index contributed by atoms with van der Waals surface area (Å²) in [4.78, 5) is 18.0. The smallest absolute Gasteiger partial charge is 0.410 e. The topological polar surface area (TPSA) is 67.6 Å². The number of ether oxygens (including phenoxy) is 1. The maximum Gasteiger partial charge on any atom is 0.410 e. The molecule has 128 valence electrons. The summed E-state index contributed by atoms with van der Waals surface area (Å²) in [7, 11) is 0. The normalized spacial score (nSPS) is 15.5. The Hall–Kier alpha value is -2.34. The standard InChI is InChI=1S/C18H23N3O3/c22-12-17-10-19-14-21(17)11-15-6-8-20(9-7-15)18(23)24-13-16-4-2-1-3-5-16/h1-5,10,14-15,22H,6-9,11-13H2. The van der Waals surface area contributed by atoms with Crippen LogP contribution < -0.4 is 0 Å². The summed E-state index contributed by atoms with van der Waals surface area (Å²) in [6.07, 6.45) is 5.07. The van der Waals surface area contributed by atoms with Gasteiger partial charge >= 0.3 is 6.09 Å². The molecule has 1 aliphatic heterocycles. The molecule has 0 aliphatic carbocycles. The van der Waals surface area contributed by atoms with Gasteiger partial charge in [-0.05, 0) is 24.3 Å². The van der Waals surface area contributed by atoms with Crippen LogP contribution in [0.15, 0.2) is 42.9 Å². The fourth-order valence-electron chi connectivity index (χ4n) is 3.03. The number of likely N-dealkylation sites (tertiary alicyclic amines) is 1. The van der Waals surface area contributed by atoms with E-state index in [9.17, 15) is 9.90 Å². The average Bonchev–Trinajstić information content (AvgIpc) is 3.08. The van der Waals surface area contributed by atoms with Crippen molar-refractivity contribution in [1.29, 1.82) is 0 Å². The Kier molecular flexibility index (Phi) is 5.48. The maximum atomic E-state index is 12.2. The molecule has 1 N–H and O–H groups in total. The highest BCUT2D eigenvalue weighted by Gasteiger charge is 2.24. The maximum absolute atomic E-state index is 12.2. The van der Waals surface area contributed by atoms with E-state index in [1.807, 2.05) is 34.9 Å². The summed E-state index contributed by atoms with van der Waals surface area (Å²) in [5.74, 6) is 0.489. The molecule has 1 aliphatic rings. The summed E-state index contributed by atoms with van der Waals surface area (Å²) in [6, 6.07) is 9.71. The highest BCUT2D eigenvalue weighted by Crippen LogP contribution is 2.20. The fraction of sp³-hybridized carbons (Fsp3) is 0.444. The van der Waals surface area contributed by atoms with Crippen molar-refractivity contribution >= 4 is 6.09 Å². The van der Waals surface area contributed by atoms with Crippen LogP contribution >= 0.6 is 0 Å². The molecule has 6 nitrogen and oxygen atoms in total. The van der Waals surface area contributed by atoms with Gasteiger partial charge in [-0.1, -0.05) is 30.3 Å². The van der Waals surface area contributed by atoms with Crippen molar-refractivity contribution in [1.82, 2.24) is 14.5 Å². The van der Waals surface area contributed by atoms with Crippen LogP contribution in [0.3, 0.4) is 0 Å². The molecular weight excluding hydrogens is 306 g/mol. The van der Waals surface area contributed by atoms with Crippen molar-refractivity contribution in [3.63, 3.8) is 0 Å². The highest BCUT2D eigenvalue weighted by molar-refractivity contribution is 5.67. The van der Waals surface area contributed by atoms with Crippen LogP contribution in [0.5, 0.6) is 0 Å². The number of hydrogen-bond acceptors (Lipinski definition) is 4. The van der Waals surface area contributed by atoms with Crippen molar-refractivity contribution in [2.45, 2.75) is 32.6 Å². The first-order valence-corrected chi connectivity index (χ1v) is 8.31. The number of benzene rings is 1. The van der Waals surface area contributed by atoms with E-state index in [0.717, 1.165) is 30.6 Å². The van der Waals surface area contributed by atoms with Crippen molar-refractivity contribution in [3.05, 3.63) is 54.1 Å². The second-order valence-electron chi connectivity index (χ2n) is 6.17. The number of aliphatic hydroxyl groups is 1. The molecule has 0 bridgehead atoms. The van der Waals surface area contributed by atoms with E-state index in [-0.39, 0.29) is 12.7 Å². The first kappa shape index (κ1) is 16.5. The van der Waals surface area contributed by atoms with Gasteiger partial charge < -0.3 is 19.3 Å². The summed E-state index contributed by atoms with van der Waals surface area (Å²) in [5.41, 5.74) is 1.83. The molecule has 24 heavy (non-hydrogen) atoms. The van der Waals surface area contributed by atoms with Crippen molar-refractivity contribution in [3.8, 4) is 0 Å². The van der Waals surface area contributed by atoms with Crippen LogP contribution in [0.2, 0.25) is 0 Å². The van der Waals surface area contributed by atoms with Crippen molar-refractivity contribution in [2.75, 3.05) is 13.1 Å². The van der Waals surface area contributed by atoms with Crippen LogP contribution in [-0.4, -0.2) is 38.7 Å². The summed E-state index contributed by atoms with van der Waals surface area (Å²) in [5, 5.41) is 9.27. The predicted molar refractivity (Wildman–Crippen MR) is 89.1 cm³/mol. The molecular formula is C18H23N3O3. The van der Waals surface area contributed by atoms with E-state index in [4.69, 9.17) is 4.74 Å². The number of aliphatic hydroxyl groups excluding tert-OH is 1. The second-order valence-corrected chi connectivity index (χ2v) is 6.17. The lowest BCUT2D eigenvalue weighted by Crippen LogP contribution is -2.39. The molecule has 0 saturated carbocycles. The van der Waals surface area contributed by atoms with Gasteiger partial charge in [-0.15, -0.1) is 0 Å². The van der Waals surface area contributed by atoms with E-state index in [2.05, 4.69) is 4.98 Å². The molecule has 1 saturated heterocycles. The van der Waals surface area contributed by atoms with Gasteiger partial charge in [-0.2, -0.15) is 0 Å². The lowest BCUT2D eigenvalue weighted by atomic mass is 9.97. The van der Waals surface area contributed by atoms with E-state index in [1.165, 1.54) is 0 Å². The minimum Gasteiger partial charge on any atom is -0.445 e. The van der Waals surface area contributed by atoms with E-state index < -0.39 is 0 Å². The van der Waals surface area contributed by atoms with E-state index >= 15 is 0 Å². The zero-order valence-electron chi connectivity index (χ0n) is 13.7. The van der Waals surface area contributed by atoms with Crippen LogP contribution in [0.4, 0.5) is 4.79 Å². The third-order valence-corrected chi connectivity index (χ3v) is 4.49. The number of carbonyl (C=O) groups is 1. The molecule has 3 rings (SSSR count). The van der Waals surface area contributed by atoms with E-state index in [1.54, 1.807) is 17.4 Å². The van der Waals surface area contributed by atoms with Crippen LogP contribution in [-0.2, 0) is 24.5 Å². The molecule has 1 fully saturated rings. The molecule has 2 heterocycles. The Morgan fingerprint density at radius 2 is 2.00 bits per heavy atom. The quantitative estimate of drug-likeness (QED) is 0.915. The number of aromatic nitrogens is 2. The van der Waals surface area contributed by atoms with Gasteiger partial charge in [0.25, 0.3) is 0 Å². The number of amides is 1. The van der Waals surface area contributed by atoms with Gasteiger partial charge in [-0.3, -0.25) is 0 Å². The summed E-state index contributed by atoms with van der Waals surface area (Å²) in [6.45, 7) is 2.57. The lowest BCUT2D eigenvalue weighted by molar-refractivity contribution is 0.0805. The van der Waals surface area contributed by atoms with Gasteiger partial charge in [0, 0.05) is 19.6 Å². The number of nitrogens with zero attached hydrogens (tertiary/aromatic N) is 3. The van der Waals surface area contributed by atoms with Gasteiger partial charge in [0.05, 0.1) is 24.8 Å². The average molecular weight is 329 g/mol. The van der Waals surface area contributed by atoms with Gasteiger partial charge in [0.2, 0.25) is 0 Å². The van der Waals surface area contributed by atoms with Crippen LogP contribution in [0.1, 0.15) is 24.1 Å². The third-order valence-electron chi connectivity index (χ3n) is 4.49. The summed E-state index contributed by atoms with van der Waals surface area (Å²) < 4.78 is 7.38. The minimum absolute atomic E-state index is 0.00462. The zero-order chi connectivity index (χ0) is 16.8. The van der Waals surface area contributed by atoms with Crippen molar-refractivity contribution < 1.29 is 14.6 Å². The van der Waals surface area contributed by atoms with Crippen molar-refractivity contribution in [2.24, 2.45) is 5.92 Å². The first-order chi connectivity index (χ1) is 11.8. The number of hydrogen-bond donors (Lipinski definition) is 1. The monoisotopic (exact) mass is 329 g/mol. The Morgan fingerprint density at radius 1 is 1.25 bits per heavy atom. The Morgan fingerprint density at radius 3 is 2.71 bits per heavy atom. The molecule has 0 radical (unpaired) electrons. The Bertz CT molecular complexity index is 649. The molecule has 6 heteroatoms. The second kappa shape index (κ2) is 7.97. The zero-order valence-corrected chi connectivity index (χ0v) is 13.7. The van der Waals surface area contributed by atoms with Crippen LogP contribution in [0, 0.1) is 5.92 Å². The molecule has 1 aromatic heterocycles. The predicted octanol–water partition coefficient (Wildman–Crippen LogP) is 2.42. The Labute approximate surface area is 141 Å². The molecule has 1 aromatic carbocycles. The fourth-order valence-corrected chi connectivity index (χ4v) is 3.03. The number of imidazole rings is 1. The minimum atomic E-state index is -0.240. The number of piperidine rings is 1. The number of rotatable bonds is 5. The SMILES string of the molecule is O=C(OCc1ccccc1)N1CCC(Cn2cncc2CO)CC1. The molecule has 0 atom stereocenters.